The van der Waals surface area contributed by atoms with Crippen molar-refractivity contribution in [3.8, 4) is 16.9 Å². The summed E-state index contributed by atoms with van der Waals surface area (Å²) in [5.41, 5.74) is 3.10. The maximum atomic E-state index is 5.40. The van der Waals surface area contributed by atoms with E-state index in [0.29, 0.717) is 5.95 Å². The first-order valence-corrected chi connectivity index (χ1v) is 9.95. The molecule has 29 heavy (non-hydrogen) atoms. The van der Waals surface area contributed by atoms with E-state index in [2.05, 4.69) is 33.7 Å². The van der Waals surface area contributed by atoms with Gasteiger partial charge in [-0.1, -0.05) is 24.3 Å². The van der Waals surface area contributed by atoms with Crippen molar-refractivity contribution in [2.24, 2.45) is 0 Å². The second-order valence-electron chi connectivity index (χ2n) is 6.95. The minimum atomic E-state index is 0.641. The number of nitrogens with one attached hydrogen (secondary N) is 2. The molecule has 0 spiro atoms. The van der Waals surface area contributed by atoms with Gasteiger partial charge in [-0.3, -0.25) is 4.90 Å². The molecule has 2 N–H and O–H groups in total. The van der Waals surface area contributed by atoms with E-state index in [1.165, 1.54) is 0 Å². The number of nitrogens with zero attached hydrogens (tertiary/aromatic N) is 3. The number of ether oxygens (including phenoxy) is 2. The Kier molecular flexibility index (Phi) is 6.07. The zero-order valence-corrected chi connectivity index (χ0v) is 16.9. The fourth-order valence-corrected chi connectivity index (χ4v) is 3.60. The predicted octanol–water partition coefficient (Wildman–Crippen LogP) is 3.09. The first-order valence-electron chi connectivity index (χ1n) is 9.95. The summed E-state index contributed by atoms with van der Waals surface area (Å²) in [6.07, 6.45) is 0. The van der Waals surface area contributed by atoms with Crippen molar-refractivity contribution < 1.29 is 9.47 Å². The predicted molar refractivity (Wildman–Crippen MR) is 117 cm³/mol. The Morgan fingerprint density at radius 1 is 1.07 bits per heavy atom. The number of aromatic nitrogens is 2. The lowest BCUT2D eigenvalue weighted by atomic mass is 10.0. The van der Waals surface area contributed by atoms with Crippen LogP contribution in [0.1, 0.15) is 0 Å². The van der Waals surface area contributed by atoms with Crippen LogP contribution < -0.4 is 15.4 Å². The van der Waals surface area contributed by atoms with Crippen LogP contribution in [0.2, 0.25) is 0 Å². The van der Waals surface area contributed by atoms with Gasteiger partial charge in [-0.15, -0.1) is 0 Å². The Balaban J connectivity index is 1.59. The smallest absolute Gasteiger partial charge is 0.225 e. The van der Waals surface area contributed by atoms with E-state index >= 15 is 0 Å². The quantitative estimate of drug-likeness (QED) is 0.639. The molecule has 0 bridgehead atoms. The lowest BCUT2D eigenvalue weighted by Gasteiger charge is -2.26. The number of benzene rings is 2. The molecule has 152 valence electrons. The number of morpholine rings is 1. The van der Waals surface area contributed by atoms with Gasteiger partial charge in [0, 0.05) is 33.2 Å². The van der Waals surface area contributed by atoms with Crippen LogP contribution in [0.5, 0.6) is 5.75 Å². The van der Waals surface area contributed by atoms with Crippen LogP contribution in [0, 0.1) is 0 Å². The zero-order chi connectivity index (χ0) is 20.1. The molecule has 7 nitrogen and oxygen atoms in total. The number of rotatable bonds is 7. The molecule has 0 aliphatic carbocycles. The highest BCUT2D eigenvalue weighted by molar-refractivity contribution is 6.02. The summed E-state index contributed by atoms with van der Waals surface area (Å²) in [7, 11) is 3.57. The molecule has 1 aromatic heterocycles. The van der Waals surface area contributed by atoms with E-state index in [0.717, 1.165) is 73.0 Å². The summed E-state index contributed by atoms with van der Waals surface area (Å²) in [6.45, 7) is 5.33. The molecule has 2 heterocycles. The van der Waals surface area contributed by atoms with Crippen molar-refractivity contribution in [1.82, 2.24) is 14.9 Å². The van der Waals surface area contributed by atoms with E-state index in [9.17, 15) is 0 Å². The largest absolute Gasteiger partial charge is 0.497 e. The van der Waals surface area contributed by atoms with Crippen molar-refractivity contribution in [3.63, 3.8) is 0 Å². The van der Waals surface area contributed by atoms with Gasteiger partial charge in [-0.05, 0) is 29.3 Å². The van der Waals surface area contributed by atoms with E-state index < -0.39 is 0 Å². The van der Waals surface area contributed by atoms with Gasteiger partial charge in [0.1, 0.15) is 11.6 Å². The molecule has 4 rings (SSSR count). The Morgan fingerprint density at radius 2 is 1.86 bits per heavy atom. The zero-order valence-electron chi connectivity index (χ0n) is 16.9. The van der Waals surface area contributed by atoms with Crippen LogP contribution >= 0.6 is 0 Å². The molecule has 7 heteroatoms. The van der Waals surface area contributed by atoms with Crippen molar-refractivity contribution in [2.45, 2.75) is 0 Å². The first kappa shape index (κ1) is 19.4. The molecule has 1 aliphatic rings. The van der Waals surface area contributed by atoms with Crippen LogP contribution in [0.15, 0.2) is 42.5 Å². The highest BCUT2D eigenvalue weighted by atomic mass is 16.5. The minimum absolute atomic E-state index is 0.641. The van der Waals surface area contributed by atoms with Crippen molar-refractivity contribution in [3.05, 3.63) is 42.5 Å². The molecule has 1 aliphatic heterocycles. The van der Waals surface area contributed by atoms with Gasteiger partial charge in [0.2, 0.25) is 5.95 Å². The third-order valence-electron chi connectivity index (χ3n) is 5.18. The van der Waals surface area contributed by atoms with E-state index in [4.69, 9.17) is 19.4 Å². The molecule has 1 fully saturated rings. The monoisotopic (exact) mass is 393 g/mol. The summed E-state index contributed by atoms with van der Waals surface area (Å²) in [5, 5.41) is 7.62. The molecule has 0 amide bonds. The van der Waals surface area contributed by atoms with Crippen LogP contribution in [-0.4, -0.2) is 68.4 Å². The third-order valence-corrected chi connectivity index (χ3v) is 5.18. The average molecular weight is 393 g/mol. The van der Waals surface area contributed by atoms with Crippen LogP contribution in [0.4, 0.5) is 11.8 Å². The van der Waals surface area contributed by atoms with E-state index in [1.807, 2.05) is 31.3 Å². The summed E-state index contributed by atoms with van der Waals surface area (Å²) < 4.78 is 10.7. The van der Waals surface area contributed by atoms with Crippen molar-refractivity contribution in [1.29, 1.82) is 0 Å². The topological polar surface area (TPSA) is 71.5 Å². The van der Waals surface area contributed by atoms with Gasteiger partial charge in [0.25, 0.3) is 0 Å². The van der Waals surface area contributed by atoms with Crippen LogP contribution in [0.3, 0.4) is 0 Å². The number of hydrogen-bond donors (Lipinski definition) is 2. The molecule has 0 unspecified atom stereocenters. The summed E-state index contributed by atoms with van der Waals surface area (Å²) in [4.78, 5) is 11.9. The molecule has 2 aromatic carbocycles. The van der Waals surface area contributed by atoms with Crippen molar-refractivity contribution in [2.75, 3.05) is 64.2 Å². The minimum Gasteiger partial charge on any atom is -0.497 e. The number of anilines is 2. The Bertz CT molecular complexity index is 955. The summed E-state index contributed by atoms with van der Waals surface area (Å²) in [6, 6.07) is 14.2. The molecule has 0 radical (unpaired) electrons. The lowest BCUT2D eigenvalue weighted by molar-refractivity contribution is 0.0398. The molecule has 0 atom stereocenters. The number of fused-ring (bicyclic) bond motifs is 1. The second kappa shape index (κ2) is 9.07. The molecule has 3 aromatic rings. The highest BCUT2D eigenvalue weighted by Gasteiger charge is 2.13. The van der Waals surface area contributed by atoms with Gasteiger partial charge in [-0.25, -0.2) is 4.98 Å². The maximum Gasteiger partial charge on any atom is 0.225 e. The van der Waals surface area contributed by atoms with Crippen LogP contribution in [0.25, 0.3) is 22.0 Å². The van der Waals surface area contributed by atoms with E-state index in [-0.39, 0.29) is 0 Å². The van der Waals surface area contributed by atoms with Gasteiger partial charge in [0.05, 0.1) is 31.2 Å². The highest BCUT2D eigenvalue weighted by Crippen LogP contribution is 2.33. The van der Waals surface area contributed by atoms with Crippen LogP contribution in [-0.2, 0) is 4.74 Å². The lowest BCUT2D eigenvalue weighted by Crippen LogP contribution is -2.39. The fraction of sp³-hybridized carbons (Fsp3) is 0.364. The number of hydrogen-bond acceptors (Lipinski definition) is 7. The normalized spacial score (nSPS) is 14.7. The van der Waals surface area contributed by atoms with Gasteiger partial charge in [-0.2, -0.15) is 4.98 Å². The van der Waals surface area contributed by atoms with E-state index in [1.54, 1.807) is 7.11 Å². The number of methoxy groups -OCH3 is 1. The third kappa shape index (κ3) is 4.41. The second-order valence-corrected chi connectivity index (χ2v) is 6.95. The maximum absolute atomic E-state index is 5.40. The Hall–Kier alpha value is -2.90. The Morgan fingerprint density at radius 3 is 2.59 bits per heavy atom. The molecular weight excluding hydrogens is 366 g/mol. The van der Waals surface area contributed by atoms with Gasteiger partial charge < -0.3 is 20.1 Å². The van der Waals surface area contributed by atoms with Crippen molar-refractivity contribution >= 4 is 22.7 Å². The Labute approximate surface area is 171 Å². The van der Waals surface area contributed by atoms with Gasteiger partial charge >= 0.3 is 0 Å². The standard InChI is InChI=1S/C22H27N5O2/c1-23-21-20-18(16-6-8-17(28-2)9-7-16)4-3-5-19(20)25-22(26-21)24-10-11-27-12-14-29-15-13-27/h3-9H,10-15H2,1-2H3,(H2,23,24,25,26). The molecular formula is C22H27N5O2. The fourth-order valence-electron chi connectivity index (χ4n) is 3.60. The molecule has 1 saturated heterocycles. The van der Waals surface area contributed by atoms with Gasteiger partial charge in [0.15, 0.2) is 0 Å². The summed E-state index contributed by atoms with van der Waals surface area (Å²) >= 11 is 0. The SMILES string of the molecule is CNc1nc(NCCN2CCOCC2)nc2cccc(-c3ccc(OC)cc3)c12. The first-order chi connectivity index (χ1) is 14.3. The molecule has 0 saturated carbocycles. The average Bonchev–Trinajstić information content (AvgIpc) is 2.79. The summed E-state index contributed by atoms with van der Waals surface area (Å²) in [5.74, 6) is 2.29.